The monoisotopic (exact) mass is 795 g/mol. The number of nitrogens with zero attached hydrogens (tertiary/aromatic N) is 1. The quantitative estimate of drug-likeness (QED) is 0.0288. The number of fused-ring (bicyclic) bond motifs is 4. The fourth-order valence-electron chi connectivity index (χ4n) is 8.31. The van der Waals surface area contributed by atoms with Crippen molar-refractivity contribution < 1.29 is 33.8 Å². The molecular weight excluding hydrogens is 745 g/mol. The Morgan fingerprint density at radius 3 is 2.36 bits per heavy atom. The second kappa shape index (κ2) is 19.0. The number of carbonyl (C=O) groups is 2. The number of aromatic nitrogens is 1. The van der Waals surface area contributed by atoms with Crippen molar-refractivity contribution in [1.29, 1.82) is 0 Å². The first kappa shape index (κ1) is 40.9. The summed E-state index contributed by atoms with van der Waals surface area (Å²) in [5.74, 6) is 0.337. The van der Waals surface area contributed by atoms with Gasteiger partial charge in [-0.2, -0.15) is 0 Å². The maximum atomic E-state index is 13.7. The van der Waals surface area contributed by atoms with Crippen molar-refractivity contribution >= 4 is 22.8 Å². The van der Waals surface area contributed by atoms with E-state index in [0.29, 0.717) is 52.8 Å². The van der Waals surface area contributed by atoms with Crippen LogP contribution in [0.15, 0.2) is 151 Å². The number of amides is 1. The zero-order valence-electron chi connectivity index (χ0n) is 33.0. The van der Waals surface area contributed by atoms with Gasteiger partial charge in [0.15, 0.2) is 6.10 Å². The van der Waals surface area contributed by atoms with Gasteiger partial charge in [0.2, 0.25) is 11.3 Å². The van der Waals surface area contributed by atoms with E-state index in [1.807, 2.05) is 97.1 Å². The van der Waals surface area contributed by atoms with Crippen LogP contribution in [-0.4, -0.2) is 70.4 Å². The van der Waals surface area contributed by atoms with Gasteiger partial charge in [-0.15, -0.1) is 0 Å². The van der Waals surface area contributed by atoms with Crippen LogP contribution >= 0.6 is 0 Å². The SMILES string of the molecule is C=C/C=C(\C=C\OCc1ccc(CNC[C@H](O)c2ccc(O)c3[nH]c(=O)ccc23)cc1)C(NC(=O)OC1C[N+]2(CC(=O)c3ccccc3)CCC1CC2)c1ccccc1. The summed E-state index contributed by atoms with van der Waals surface area (Å²) >= 11 is 0. The van der Waals surface area contributed by atoms with Gasteiger partial charge in [-0.3, -0.25) is 9.59 Å². The molecule has 5 aromatic rings. The van der Waals surface area contributed by atoms with Crippen molar-refractivity contribution in [3.05, 3.63) is 184 Å². The second-order valence-electron chi connectivity index (χ2n) is 15.5. The smallest absolute Gasteiger partial charge is 0.408 e. The van der Waals surface area contributed by atoms with E-state index >= 15 is 0 Å². The first-order chi connectivity index (χ1) is 28.7. The molecule has 0 radical (unpaired) electrons. The molecule has 11 heteroatoms. The topological polar surface area (TPSA) is 150 Å². The molecule has 59 heavy (non-hydrogen) atoms. The van der Waals surface area contributed by atoms with Crippen LogP contribution in [0.4, 0.5) is 4.79 Å². The highest BCUT2D eigenvalue weighted by Crippen LogP contribution is 2.36. The molecule has 2 bridgehead atoms. The average molecular weight is 796 g/mol. The van der Waals surface area contributed by atoms with Crippen molar-refractivity contribution in [1.82, 2.24) is 15.6 Å². The predicted octanol–water partition coefficient (Wildman–Crippen LogP) is 7.16. The average Bonchev–Trinajstić information content (AvgIpc) is 3.25. The van der Waals surface area contributed by atoms with Gasteiger partial charge in [-0.1, -0.05) is 110 Å². The Balaban J connectivity index is 0.925. The second-order valence-corrected chi connectivity index (χ2v) is 15.5. The van der Waals surface area contributed by atoms with Crippen molar-refractivity contribution in [3.63, 3.8) is 0 Å². The Labute approximate surface area is 343 Å². The predicted molar refractivity (Wildman–Crippen MR) is 227 cm³/mol. The maximum Gasteiger partial charge on any atom is 0.408 e. The number of allylic oxidation sites excluding steroid dienone is 2. The number of alkyl carbamates (subject to hydrolysis) is 1. The highest BCUT2D eigenvalue weighted by molar-refractivity contribution is 5.97. The highest BCUT2D eigenvalue weighted by Gasteiger charge is 2.48. The zero-order valence-corrected chi connectivity index (χ0v) is 33.0. The van der Waals surface area contributed by atoms with Crippen LogP contribution in [0.1, 0.15) is 57.6 Å². The first-order valence-corrected chi connectivity index (χ1v) is 20.1. The Kier molecular flexibility index (Phi) is 13.2. The number of ether oxygens (including phenoxy) is 2. The number of ketones is 1. The number of phenolic OH excluding ortho intramolecular Hbond substituents is 1. The summed E-state index contributed by atoms with van der Waals surface area (Å²) in [7, 11) is 0. The van der Waals surface area contributed by atoms with Crippen LogP contribution < -0.4 is 16.2 Å². The van der Waals surface area contributed by atoms with Crippen molar-refractivity contribution in [2.45, 2.75) is 44.2 Å². The lowest BCUT2D eigenvalue weighted by Crippen LogP contribution is -2.66. The van der Waals surface area contributed by atoms with Crippen LogP contribution in [0.5, 0.6) is 5.75 Å². The Morgan fingerprint density at radius 2 is 1.63 bits per heavy atom. The summed E-state index contributed by atoms with van der Waals surface area (Å²) in [5, 5.41) is 28.0. The number of rotatable bonds is 17. The maximum absolute atomic E-state index is 13.7. The number of nitrogens with one attached hydrogen (secondary N) is 3. The van der Waals surface area contributed by atoms with Crippen LogP contribution in [0.3, 0.4) is 0 Å². The molecule has 3 aliphatic heterocycles. The van der Waals surface area contributed by atoms with Crippen molar-refractivity contribution in [3.8, 4) is 5.75 Å². The minimum absolute atomic E-state index is 0.0500. The molecule has 3 saturated heterocycles. The van der Waals surface area contributed by atoms with E-state index in [2.05, 4.69) is 22.2 Å². The summed E-state index contributed by atoms with van der Waals surface area (Å²) in [5.41, 5.74) is 4.90. The number of phenols is 1. The summed E-state index contributed by atoms with van der Waals surface area (Å²) < 4.78 is 12.8. The van der Waals surface area contributed by atoms with Gasteiger partial charge >= 0.3 is 6.09 Å². The number of hydrogen-bond donors (Lipinski definition) is 5. The van der Waals surface area contributed by atoms with E-state index in [0.717, 1.165) is 48.2 Å². The molecule has 3 atom stereocenters. The number of pyridine rings is 1. The molecule has 304 valence electrons. The molecule has 0 aliphatic carbocycles. The molecule has 5 N–H and O–H groups in total. The number of benzene rings is 4. The van der Waals surface area contributed by atoms with Crippen LogP contribution in [0.2, 0.25) is 0 Å². The van der Waals surface area contributed by atoms with Crippen molar-refractivity contribution in [2.75, 3.05) is 32.7 Å². The van der Waals surface area contributed by atoms with E-state index in [1.54, 1.807) is 24.5 Å². The fraction of sp³-hybridized carbons (Fsp3) is 0.271. The number of aromatic amines is 1. The third-order valence-corrected chi connectivity index (χ3v) is 11.5. The van der Waals surface area contributed by atoms with Gasteiger partial charge in [0, 0.05) is 48.9 Å². The minimum atomic E-state index is -0.854. The third kappa shape index (κ3) is 10.2. The molecule has 1 aromatic heterocycles. The van der Waals surface area contributed by atoms with E-state index in [4.69, 9.17) is 9.47 Å². The summed E-state index contributed by atoms with van der Waals surface area (Å²) in [4.78, 5) is 41.2. The van der Waals surface area contributed by atoms with Crippen molar-refractivity contribution in [2.24, 2.45) is 5.92 Å². The van der Waals surface area contributed by atoms with Gasteiger partial charge in [0.05, 0.1) is 37.0 Å². The lowest BCUT2D eigenvalue weighted by molar-refractivity contribution is -0.938. The normalized spacial score (nSPS) is 19.9. The minimum Gasteiger partial charge on any atom is -0.506 e. The molecule has 3 fully saturated rings. The summed E-state index contributed by atoms with van der Waals surface area (Å²) in [6, 6.07) is 32.6. The number of quaternary nitrogens is 1. The van der Waals surface area contributed by atoms with Gasteiger partial charge in [-0.25, -0.2) is 4.79 Å². The van der Waals surface area contributed by atoms with Crippen LogP contribution in [0.25, 0.3) is 10.9 Å². The zero-order chi connectivity index (χ0) is 41.2. The third-order valence-electron chi connectivity index (χ3n) is 11.5. The van der Waals surface area contributed by atoms with Gasteiger partial charge < -0.3 is 39.8 Å². The molecule has 0 spiro atoms. The van der Waals surface area contributed by atoms with E-state index < -0.39 is 18.2 Å². The largest absolute Gasteiger partial charge is 0.506 e. The molecule has 4 heterocycles. The number of hydrogen-bond acceptors (Lipinski definition) is 8. The summed E-state index contributed by atoms with van der Waals surface area (Å²) in [6.45, 7) is 7.87. The van der Waals surface area contributed by atoms with Crippen LogP contribution in [-0.2, 0) is 22.6 Å². The Hall–Kier alpha value is -6.27. The molecule has 11 nitrogen and oxygen atoms in total. The Morgan fingerprint density at radius 1 is 0.915 bits per heavy atom. The molecule has 2 unspecified atom stereocenters. The molecule has 1 amide bonds. The number of aromatic hydroxyl groups is 1. The standard InChI is InChI=1S/C48H50N4O7/c1-2-9-37(24-27-58-32-34-16-14-33(15-17-34)28-49-29-42(54)39-18-20-41(53)47-40(39)19-21-45(56)50-47)46(38-12-7-4-8-13-38)51-48(57)59-44-31-52(25-22-36(44)23-26-52)30-43(55)35-10-5-3-6-11-35/h2-21,24,27,36,42,44,46,49,54H,1,22-23,25-26,28-32H2,(H2-,50,51,53,56,57)/p+1/b27-24+,37-9+/t36?,42-,44?,46?,52?/m0/s1. The molecule has 8 rings (SSSR count). The van der Waals surface area contributed by atoms with Gasteiger partial charge in [0.1, 0.15) is 25.4 Å². The highest BCUT2D eigenvalue weighted by atomic mass is 16.6. The van der Waals surface area contributed by atoms with Gasteiger partial charge in [-0.05, 0) is 46.0 Å². The molecule has 3 aliphatic rings. The van der Waals surface area contributed by atoms with Gasteiger partial charge in [0.25, 0.3) is 0 Å². The fourth-order valence-corrected chi connectivity index (χ4v) is 8.31. The Bertz CT molecular complexity index is 2350. The number of carbonyl (C=O) groups excluding carboxylic acids is 2. The number of H-pyrrole nitrogens is 1. The van der Waals surface area contributed by atoms with E-state index in [1.165, 1.54) is 12.1 Å². The lowest BCUT2D eigenvalue weighted by Gasteiger charge is -2.51. The summed E-state index contributed by atoms with van der Waals surface area (Å²) in [6.07, 6.45) is 7.14. The number of aliphatic hydroxyl groups is 1. The number of piperidine rings is 3. The molecule has 0 saturated carbocycles. The van der Waals surface area contributed by atoms with Crippen LogP contribution in [0, 0.1) is 5.92 Å². The number of aliphatic hydroxyl groups excluding tert-OH is 1. The van der Waals surface area contributed by atoms with E-state index in [-0.39, 0.29) is 35.7 Å². The van der Waals surface area contributed by atoms with E-state index in [9.17, 15) is 24.6 Å². The molecule has 4 aromatic carbocycles. The lowest BCUT2D eigenvalue weighted by atomic mass is 9.83. The number of Topliss-reactive ketones (excluding diaryl/α,β-unsaturated/α-hetero) is 1. The first-order valence-electron chi connectivity index (χ1n) is 20.1. The molecular formula is C48H51N4O7+.